The number of nitrogens with one attached hydrogen (secondary N) is 1. The third-order valence-corrected chi connectivity index (χ3v) is 6.26. The quantitative estimate of drug-likeness (QED) is 0.336. The molecule has 1 aromatic heterocycles. The van der Waals surface area contributed by atoms with Gasteiger partial charge < -0.3 is 24.3 Å². The first kappa shape index (κ1) is 25.6. The molecule has 3 heterocycles. The van der Waals surface area contributed by atoms with E-state index in [2.05, 4.69) is 48.3 Å². The van der Waals surface area contributed by atoms with Gasteiger partial charge in [-0.1, -0.05) is 29.8 Å². The van der Waals surface area contributed by atoms with Gasteiger partial charge in [0.25, 0.3) is 5.91 Å². The van der Waals surface area contributed by atoms with Crippen molar-refractivity contribution in [1.82, 2.24) is 15.1 Å². The highest BCUT2D eigenvalue weighted by molar-refractivity contribution is 14.0. The van der Waals surface area contributed by atoms with Gasteiger partial charge in [0, 0.05) is 51.8 Å². The summed E-state index contributed by atoms with van der Waals surface area (Å²) in [6.07, 6.45) is 3.83. The largest absolute Gasteiger partial charge is 0.459 e. The number of carbonyl (C=O) groups excluding carboxylic acids is 1. The maximum absolute atomic E-state index is 12.5. The van der Waals surface area contributed by atoms with Gasteiger partial charge >= 0.3 is 0 Å². The van der Waals surface area contributed by atoms with E-state index in [1.54, 1.807) is 12.1 Å². The van der Waals surface area contributed by atoms with Gasteiger partial charge in [-0.05, 0) is 44.4 Å². The van der Waals surface area contributed by atoms with Gasteiger partial charge in [0.2, 0.25) is 0 Å². The molecule has 2 fully saturated rings. The Balaban J connectivity index is 0.00000306. The Labute approximate surface area is 213 Å². The van der Waals surface area contributed by atoms with Gasteiger partial charge in [0.15, 0.2) is 11.7 Å². The molecule has 1 N–H and O–H groups in total. The van der Waals surface area contributed by atoms with Crippen LogP contribution in [0.4, 0.5) is 0 Å². The van der Waals surface area contributed by atoms with Gasteiger partial charge in [-0.3, -0.25) is 9.79 Å². The molecule has 1 amide bonds. The lowest BCUT2D eigenvalue weighted by Crippen LogP contribution is -2.53. The Morgan fingerprint density at radius 3 is 2.52 bits per heavy atom. The molecule has 2 saturated heterocycles. The highest BCUT2D eigenvalue weighted by Gasteiger charge is 2.29. The van der Waals surface area contributed by atoms with Gasteiger partial charge in [-0.15, -0.1) is 24.0 Å². The number of halogens is 1. The highest BCUT2D eigenvalue weighted by atomic mass is 127. The number of benzene rings is 1. The van der Waals surface area contributed by atoms with Crippen LogP contribution in [-0.4, -0.2) is 67.5 Å². The number of piperazine rings is 1. The number of ether oxygens (including phenoxy) is 1. The van der Waals surface area contributed by atoms with Crippen molar-refractivity contribution >= 4 is 35.8 Å². The average molecular weight is 566 g/mol. The molecule has 2 aromatic rings. The molecule has 7 nitrogen and oxygen atoms in total. The van der Waals surface area contributed by atoms with Crippen molar-refractivity contribution in [3.05, 3.63) is 59.5 Å². The Morgan fingerprint density at radius 2 is 1.85 bits per heavy atom. The highest BCUT2D eigenvalue weighted by Crippen LogP contribution is 2.34. The molecule has 4 rings (SSSR count). The number of nitrogens with zero attached hydrogens (tertiary/aromatic N) is 3. The summed E-state index contributed by atoms with van der Waals surface area (Å²) in [7, 11) is 0. The van der Waals surface area contributed by atoms with Crippen molar-refractivity contribution in [2.45, 2.75) is 32.8 Å². The maximum atomic E-state index is 12.5. The Hall–Kier alpha value is -2.07. The van der Waals surface area contributed by atoms with E-state index in [1.807, 2.05) is 4.90 Å². The van der Waals surface area contributed by atoms with Crippen LogP contribution in [0.5, 0.6) is 0 Å². The average Bonchev–Trinajstić information content (AvgIpc) is 3.37. The zero-order chi connectivity index (χ0) is 22.3. The number of guanidine groups is 1. The smallest absolute Gasteiger partial charge is 0.289 e. The van der Waals surface area contributed by atoms with E-state index in [4.69, 9.17) is 14.1 Å². The summed E-state index contributed by atoms with van der Waals surface area (Å²) in [6, 6.07) is 12.1. The lowest BCUT2D eigenvalue weighted by atomic mass is 9.89. The summed E-state index contributed by atoms with van der Waals surface area (Å²) in [5, 5.41) is 3.44. The Morgan fingerprint density at radius 1 is 1.12 bits per heavy atom. The summed E-state index contributed by atoms with van der Waals surface area (Å²) >= 11 is 0. The fourth-order valence-electron chi connectivity index (χ4n) is 4.46. The molecule has 2 aliphatic heterocycles. The molecule has 0 spiro atoms. The molecule has 0 bridgehead atoms. The number of hydrogen-bond acceptors (Lipinski definition) is 4. The van der Waals surface area contributed by atoms with Crippen LogP contribution in [0, 0.1) is 12.8 Å². The lowest BCUT2D eigenvalue weighted by Gasteiger charge is -2.37. The van der Waals surface area contributed by atoms with E-state index in [-0.39, 0.29) is 36.0 Å². The number of furan rings is 1. The van der Waals surface area contributed by atoms with Gasteiger partial charge in [-0.2, -0.15) is 0 Å². The predicted molar refractivity (Wildman–Crippen MR) is 140 cm³/mol. The minimum atomic E-state index is -0.0446. The summed E-state index contributed by atoms with van der Waals surface area (Å²) in [5.41, 5.74) is 2.50. The second kappa shape index (κ2) is 12.4. The number of aryl methyl sites for hydroxylation is 1. The molecular weight excluding hydrogens is 531 g/mol. The molecule has 180 valence electrons. The van der Waals surface area contributed by atoms with Crippen LogP contribution in [0.2, 0.25) is 0 Å². The predicted octanol–water partition coefficient (Wildman–Crippen LogP) is 4.10. The second-order valence-electron chi connectivity index (χ2n) is 8.56. The molecule has 0 radical (unpaired) electrons. The van der Waals surface area contributed by atoms with Crippen LogP contribution in [-0.2, 0) is 4.74 Å². The molecule has 2 atom stereocenters. The first-order valence-electron chi connectivity index (χ1n) is 11.7. The molecule has 8 heteroatoms. The second-order valence-corrected chi connectivity index (χ2v) is 8.56. The molecule has 0 aliphatic carbocycles. The van der Waals surface area contributed by atoms with Gasteiger partial charge in [0.1, 0.15) is 0 Å². The summed E-state index contributed by atoms with van der Waals surface area (Å²) in [5.74, 6) is 1.64. The molecule has 2 unspecified atom stereocenters. The van der Waals surface area contributed by atoms with Crippen LogP contribution >= 0.6 is 24.0 Å². The van der Waals surface area contributed by atoms with E-state index in [1.165, 1.54) is 17.4 Å². The number of amides is 1. The number of rotatable bonds is 5. The standard InChI is InChI=1S/C25H34N4O3.HI/c1-3-26-25(29-14-12-28(13-15-29)24(30)22-7-5-16-31-22)27-18-21-6-4-17-32-23(21)20-10-8-19(2)9-11-20;/h5,7-11,16,21,23H,3-4,6,12-15,17-18H2,1-2H3,(H,26,27);1H. The maximum Gasteiger partial charge on any atom is 0.289 e. The fourth-order valence-corrected chi connectivity index (χ4v) is 4.46. The molecule has 2 aliphatic rings. The van der Waals surface area contributed by atoms with Crippen LogP contribution in [0.3, 0.4) is 0 Å². The van der Waals surface area contributed by atoms with E-state index >= 15 is 0 Å². The monoisotopic (exact) mass is 566 g/mol. The first-order chi connectivity index (χ1) is 15.7. The van der Waals surface area contributed by atoms with E-state index in [0.29, 0.717) is 24.8 Å². The molecule has 33 heavy (non-hydrogen) atoms. The number of carbonyl (C=O) groups is 1. The van der Waals surface area contributed by atoms with Crippen LogP contribution in [0.1, 0.15) is 47.6 Å². The van der Waals surface area contributed by atoms with Crippen molar-refractivity contribution in [1.29, 1.82) is 0 Å². The first-order valence-corrected chi connectivity index (χ1v) is 11.7. The SMILES string of the molecule is CCNC(=NCC1CCCOC1c1ccc(C)cc1)N1CCN(C(=O)c2ccco2)CC1.I. The van der Waals surface area contributed by atoms with Crippen LogP contribution < -0.4 is 5.32 Å². The van der Waals surface area contributed by atoms with E-state index in [9.17, 15) is 4.79 Å². The number of aliphatic imine (C=N–C) groups is 1. The fraction of sp³-hybridized carbons (Fsp3) is 0.520. The normalized spacial score (nSPS) is 21.5. The minimum absolute atomic E-state index is 0. The molecular formula is C25H35IN4O3. The summed E-state index contributed by atoms with van der Waals surface area (Å²) in [6.45, 7) is 9.36. The Bertz CT molecular complexity index is 893. The number of hydrogen-bond donors (Lipinski definition) is 1. The Kier molecular flexibility index (Phi) is 9.61. The van der Waals surface area contributed by atoms with Gasteiger partial charge in [-0.25, -0.2) is 0 Å². The van der Waals surface area contributed by atoms with Crippen molar-refractivity contribution in [3.63, 3.8) is 0 Å². The van der Waals surface area contributed by atoms with Gasteiger partial charge in [0.05, 0.1) is 12.4 Å². The van der Waals surface area contributed by atoms with Crippen molar-refractivity contribution in [2.24, 2.45) is 10.9 Å². The summed E-state index contributed by atoms with van der Waals surface area (Å²) < 4.78 is 11.4. The van der Waals surface area contributed by atoms with E-state index < -0.39 is 0 Å². The zero-order valence-corrected chi connectivity index (χ0v) is 21.9. The van der Waals surface area contributed by atoms with Crippen molar-refractivity contribution < 1.29 is 13.9 Å². The molecule has 1 aromatic carbocycles. The zero-order valence-electron chi connectivity index (χ0n) is 19.5. The topological polar surface area (TPSA) is 70.3 Å². The van der Waals surface area contributed by atoms with E-state index in [0.717, 1.165) is 51.6 Å². The third kappa shape index (κ3) is 6.50. The summed E-state index contributed by atoms with van der Waals surface area (Å²) in [4.78, 5) is 21.6. The molecule has 0 saturated carbocycles. The van der Waals surface area contributed by atoms with Crippen LogP contribution in [0.25, 0.3) is 0 Å². The minimum Gasteiger partial charge on any atom is -0.459 e. The van der Waals surface area contributed by atoms with Crippen molar-refractivity contribution in [3.8, 4) is 0 Å². The third-order valence-electron chi connectivity index (χ3n) is 6.26. The lowest BCUT2D eigenvalue weighted by molar-refractivity contribution is -0.0251. The van der Waals surface area contributed by atoms with Crippen molar-refractivity contribution in [2.75, 3.05) is 45.9 Å². The van der Waals surface area contributed by atoms with Crippen LogP contribution in [0.15, 0.2) is 52.1 Å².